The van der Waals surface area contributed by atoms with E-state index in [9.17, 15) is 14.0 Å². The highest BCUT2D eigenvalue weighted by atomic mass is 19.1. The molecule has 3 atom stereocenters. The van der Waals surface area contributed by atoms with E-state index in [2.05, 4.69) is 21.9 Å². The standard InChI is InChI=1S/C22H27FN4O2/c1-13-18(14(2)25-22(29)24-13)7-8-20(28)27-11-16-10-26(3)21(19(16)12-27)15-5-4-6-17(23)9-15/h4-6,9,16,19,21H,7-8,10-12H2,1-3H3,(H,24,25,29)/t16-,19+,21-/m0/s1. The van der Waals surface area contributed by atoms with Crippen molar-refractivity contribution in [2.45, 2.75) is 32.7 Å². The van der Waals surface area contributed by atoms with Gasteiger partial charge in [0.2, 0.25) is 5.91 Å². The van der Waals surface area contributed by atoms with Crippen molar-refractivity contribution in [2.24, 2.45) is 11.8 Å². The first-order chi connectivity index (χ1) is 13.8. The zero-order chi connectivity index (χ0) is 20.7. The Morgan fingerprint density at radius 2 is 2.07 bits per heavy atom. The van der Waals surface area contributed by atoms with Gasteiger partial charge in [-0.1, -0.05) is 12.1 Å². The number of aromatic nitrogens is 2. The lowest BCUT2D eigenvalue weighted by Gasteiger charge is -2.27. The summed E-state index contributed by atoms with van der Waals surface area (Å²) in [4.78, 5) is 35.2. The number of H-pyrrole nitrogens is 1. The second-order valence-electron chi connectivity index (χ2n) is 8.39. The molecule has 6 nitrogen and oxygen atoms in total. The molecule has 0 aliphatic carbocycles. The molecule has 2 aromatic rings. The van der Waals surface area contributed by atoms with E-state index in [1.807, 2.05) is 24.8 Å². The first-order valence-electron chi connectivity index (χ1n) is 10.1. The zero-order valence-corrected chi connectivity index (χ0v) is 17.1. The highest BCUT2D eigenvalue weighted by molar-refractivity contribution is 5.77. The molecule has 2 saturated heterocycles. The van der Waals surface area contributed by atoms with Crippen molar-refractivity contribution in [3.05, 3.63) is 63.1 Å². The second-order valence-corrected chi connectivity index (χ2v) is 8.39. The summed E-state index contributed by atoms with van der Waals surface area (Å²) in [5.41, 5.74) is 3.04. The third-order valence-electron chi connectivity index (χ3n) is 6.48. The van der Waals surface area contributed by atoms with E-state index in [0.717, 1.165) is 29.9 Å². The summed E-state index contributed by atoms with van der Waals surface area (Å²) in [6.07, 6.45) is 0.967. The van der Waals surface area contributed by atoms with Gasteiger partial charge in [-0.2, -0.15) is 4.98 Å². The molecular weight excluding hydrogens is 371 g/mol. The quantitative estimate of drug-likeness (QED) is 0.858. The van der Waals surface area contributed by atoms with E-state index in [4.69, 9.17) is 0 Å². The van der Waals surface area contributed by atoms with E-state index >= 15 is 0 Å². The predicted molar refractivity (Wildman–Crippen MR) is 108 cm³/mol. The van der Waals surface area contributed by atoms with Crippen LogP contribution in [0.3, 0.4) is 0 Å². The van der Waals surface area contributed by atoms with Crippen LogP contribution in [-0.2, 0) is 11.2 Å². The topological polar surface area (TPSA) is 69.3 Å². The number of amides is 1. The average Bonchev–Trinajstić information content (AvgIpc) is 3.17. The number of aromatic amines is 1. The highest BCUT2D eigenvalue weighted by Crippen LogP contribution is 2.44. The maximum Gasteiger partial charge on any atom is 0.345 e. The lowest BCUT2D eigenvalue weighted by atomic mass is 9.89. The largest absolute Gasteiger partial charge is 0.345 e. The van der Waals surface area contributed by atoms with Gasteiger partial charge in [-0.05, 0) is 56.5 Å². The molecule has 0 spiro atoms. The monoisotopic (exact) mass is 398 g/mol. The van der Waals surface area contributed by atoms with Crippen LogP contribution in [0.15, 0.2) is 29.1 Å². The SMILES string of the molecule is Cc1nc(=O)[nH]c(C)c1CCC(=O)N1C[C@@H]2CN(C)[C@@H](c3cccc(F)c3)[C@@H]2C1. The van der Waals surface area contributed by atoms with Crippen molar-refractivity contribution < 1.29 is 9.18 Å². The van der Waals surface area contributed by atoms with Gasteiger partial charge in [-0.25, -0.2) is 9.18 Å². The predicted octanol–water partition coefficient (Wildman–Crippen LogP) is 2.22. The molecule has 2 aliphatic heterocycles. The van der Waals surface area contributed by atoms with Crippen molar-refractivity contribution in [1.29, 1.82) is 0 Å². The van der Waals surface area contributed by atoms with Gasteiger partial charge >= 0.3 is 5.69 Å². The van der Waals surface area contributed by atoms with Crippen LogP contribution in [-0.4, -0.2) is 52.4 Å². The Bertz CT molecular complexity index is 963. The van der Waals surface area contributed by atoms with Gasteiger partial charge in [0.05, 0.1) is 0 Å². The van der Waals surface area contributed by atoms with Crippen molar-refractivity contribution in [3.63, 3.8) is 0 Å². The second kappa shape index (κ2) is 7.71. The van der Waals surface area contributed by atoms with Crippen LogP contribution in [0.5, 0.6) is 0 Å². The van der Waals surface area contributed by atoms with Gasteiger partial charge in [0.15, 0.2) is 0 Å². The van der Waals surface area contributed by atoms with E-state index in [-0.39, 0.29) is 23.5 Å². The fourth-order valence-corrected chi connectivity index (χ4v) is 5.17. The smallest absolute Gasteiger partial charge is 0.342 e. The van der Waals surface area contributed by atoms with Crippen LogP contribution >= 0.6 is 0 Å². The van der Waals surface area contributed by atoms with Crippen LogP contribution in [0.4, 0.5) is 4.39 Å². The Morgan fingerprint density at radius 1 is 1.28 bits per heavy atom. The Morgan fingerprint density at radius 3 is 2.79 bits per heavy atom. The number of rotatable bonds is 4. The number of nitrogens with zero attached hydrogens (tertiary/aromatic N) is 3. The summed E-state index contributed by atoms with van der Waals surface area (Å²) < 4.78 is 13.7. The summed E-state index contributed by atoms with van der Waals surface area (Å²) in [5, 5.41) is 0. The minimum atomic E-state index is -0.352. The summed E-state index contributed by atoms with van der Waals surface area (Å²) in [7, 11) is 2.08. The van der Waals surface area contributed by atoms with Crippen molar-refractivity contribution >= 4 is 5.91 Å². The molecule has 1 aromatic heterocycles. The van der Waals surface area contributed by atoms with Gasteiger partial charge in [0.1, 0.15) is 5.82 Å². The first-order valence-corrected chi connectivity index (χ1v) is 10.1. The molecule has 1 N–H and O–H groups in total. The van der Waals surface area contributed by atoms with Crippen LogP contribution < -0.4 is 5.69 Å². The minimum absolute atomic E-state index is 0.130. The van der Waals surface area contributed by atoms with Crippen LogP contribution in [0, 0.1) is 31.5 Å². The lowest BCUT2D eigenvalue weighted by molar-refractivity contribution is -0.130. The summed E-state index contributed by atoms with van der Waals surface area (Å²) >= 11 is 0. The fraction of sp³-hybridized carbons (Fsp3) is 0.500. The highest BCUT2D eigenvalue weighted by Gasteiger charge is 2.47. The van der Waals surface area contributed by atoms with Crippen LogP contribution in [0.2, 0.25) is 0 Å². The number of aryl methyl sites for hydroxylation is 2. The number of nitrogens with one attached hydrogen (secondary N) is 1. The van der Waals surface area contributed by atoms with Crippen LogP contribution in [0.1, 0.15) is 35.0 Å². The summed E-state index contributed by atoms with van der Waals surface area (Å²) in [5.74, 6) is 0.648. The summed E-state index contributed by atoms with van der Waals surface area (Å²) in [6.45, 7) is 6.02. The third-order valence-corrected chi connectivity index (χ3v) is 6.48. The third kappa shape index (κ3) is 3.83. The number of halogens is 1. The molecule has 0 saturated carbocycles. The maximum absolute atomic E-state index is 13.7. The van der Waals surface area contributed by atoms with Crippen LogP contribution in [0.25, 0.3) is 0 Å². The van der Waals surface area contributed by atoms with E-state index in [0.29, 0.717) is 36.9 Å². The molecular formula is C22H27FN4O2. The first kappa shape index (κ1) is 19.8. The van der Waals surface area contributed by atoms with Gasteiger partial charge < -0.3 is 9.88 Å². The number of benzene rings is 1. The van der Waals surface area contributed by atoms with Gasteiger partial charge in [0, 0.05) is 49.4 Å². The number of hydrogen-bond donors (Lipinski definition) is 1. The molecule has 1 amide bonds. The minimum Gasteiger partial charge on any atom is -0.342 e. The molecule has 7 heteroatoms. The molecule has 4 rings (SSSR count). The van der Waals surface area contributed by atoms with Gasteiger partial charge in [0.25, 0.3) is 0 Å². The Kier molecular flexibility index (Phi) is 5.25. The van der Waals surface area contributed by atoms with Gasteiger partial charge in [-0.3, -0.25) is 9.69 Å². The van der Waals surface area contributed by atoms with Crippen molar-refractivity contribution in [3.8, 4) is 0 Å². The van der Waals surface area contributed by atoms with E-state index in [1.54, 1.807) is 12.1 Å². The summed E-state index contributed by atoms with van der Waals surface area (Å²) in [6, 6.07) is 6.96. The number of carbonyl (C=O) groups excluding carboxylic acids is 1. The lowest BCUT2D eigenvalue weighted by Crippen LogP contribution is -2.33. The molecule has 1 aromatic carbocycles. The Hall–Kier alpha value is -2.54. The Labute approximate surface area is 169 Å². The molecule has 0 bridgehead atoms. The van der Waals surface area contributed by atoms with E-state index < -0.39 is 0 Å². The van der Waals surface area contributed by atoms with Gasteiger partial charge in [-0.15, -0.1) is 0 Å². The van der Waals surface area contributed by atoms with Crippen molar-refractivity contribution in [1.82, 2.24) is 19.8 Å². The molecule has 0 unspecified atom stereocenters. The molecule has 2 aliphatic rings. The Balaban J connectivity index is 1.43. The van der Waals surface area contributed by atoms with Crippen molar-refractivity contribution in [2.75, 3.05) is 26.7 Å². The normalized spacial score (nSPS) is 24.1. The number of likely N-dealkylation sites (tertiary alicyclic amines) is 2. The molecule has 2 fully saturated rings. The fourth-order valence-electron chi connectivity index (χ4n) is 5.17. The van der Waals surface area contributed by atoms with E-state index in [1.165, 1.54) is 6.07 Å². The molecule has 154 valence electrons. The molecule has 3 heterocycles. The number of hydrogen-bond acceptors (Lipinski definition) is 4. The molecule has 29 heavy (non-hydrogen) atoms. The molecule has 0 radical (unpaired) electrons. The number of fused-ring (bicyclic) bond motifs is 1. The number of carbonyl (C=O) groups is 1. The average molecular weight is 398 g/mol. The zero-order valence-electron chi connectivity index (χ0n) is 17.1. The maximum atomic E-state index is 13.7.